The normalized spacial score (nSPS) is 16.3. The molecule has 136 valence electrons. The molecule has 2 N–H and O–H groups in total. The Balaban J connectivity index is 1.46. The van der Waals surface area contributed by atoms with Crippen LogP contribution in [0.2, 0.25) is 0 Å². The molecule has 3 amide bonds. The highest BCUT2D eigenvalue weighted by Crippen LogP contribution is 2.19. The maximum absolute atomic E-state index is 12.5. The largest absolute Gasteiger partial charge is 0.354 e. The van der Waals surface area contributed by atoms with Gasteiger partial charge in [0, 0.05) is 18.8 Å². The van der Waals surface area contributed by atoms with Crippen molar-refractivity contribution in [2.24, 2.45) is 0 Å². The zero-order chi connectivity index (χ0) is 18.2. The van der Waals surface area contributed by atoms with Crippen molar-refractivity contribution in [1.82, 2.24) is 10.2 Å². The topological polar surface area (TPSA) is 61.4 Å². The molecule has 2 aromatic rings. The average Bonchev–Trinajstić information content (AvgIpc) is 3.17. The summed E-state index contributed by atoms with van der Waals surface area (Å²) in [5, 5.41) is 5.85. The van der Waals surface area contributed by atoms with Crippen LogP contribution in [0.1, 0.15) is 24.8 Å². The van der Waals surface area contributed by atoms with Crippen molar-refractivity contribution in [1.29, 1.82) is 0 Å². The molecule has 1 aliphatic heterocycles. The third kappa shape index (κ3) is 4.85. The predicted octanol–water partition coefficient (Wildman–Crippen LogP) is 3.43. The van der Waals surface area contributed by atoms with Gasteiger partial charge in [-0.15, -0.1) is 0 Å². The summed E-state index contributed by atoms with van der Waals surface area (Å²) in [4.78, 5) is 26.6. The van der Waals surface area contributed by atoms with E-state index in [1.165, 1.54) is 5.56 Å². The van der Waals surface area contributed by atoms with Crippen LogP contribution >= 0.6 is 0 Å². The highest BCUT2D eigenvalue weighted by molar-refractivity contribution is 5.94. The molecule has 0 radical (unpaired) electrons. The van der Waals surface area contributed by atoms with Crippen LogP contribution in [0.5, 0.6) is 0 Å². The second kappa shape index (κ2) is 9.04. The lowest BCUT2D eigenvalue weighted by molar-refractivity contribution is -0.124. The number of hydrogen-bond acceptors (Lipinski definition) is 2. The molecule has 1 saturated heterocycles. The van der Waals surface area contributed by atoms with Crippen molar-refractivity contribution in [2.45, 2.75) is 31.7 Å². The zero-order valence-electron chi connectivity index (χ0n) is 14.9. The Bertz CT molecular complexity index is 719. The minimum atomic E-state index is -0.379. The van der Waals surface area contributed by atoms with Crippen molar-refractivity contribution in [3.8, 4) is 0 Å². The number of nitrogens with one attached hydrogen (secondary N) is 2. The van der Waals surface area contributed by atoms with Crippen LogP contribution in [-0.2, 0) is 11.2 Å². The van der Waals surface area contributed by atoms with Gasteiger partial charge in [-0.3, -0.25) is 4.79 Å². The van der Waals surface area contributed by atoms with E-state index in [0.29, 0.717) is 19.5 Å². The van der Waals surface area contributed by atoms with Crippen LogP contribution in [-0.4, -0.2) is 36.0 Å². The van der Waals surface area contributed by atoms with Crippen molar-refractivity contribution in [3.63, 3.8) is 0 Å². The molecule has 0 saturated carbocycles. The van der Waals surface area contributed by atoms with Gasteiger partial charge in [0.15, 0.2) is 0 Å². The molecule has 0 aliphatic carbocycles. The first kappa shape index (κ1) is 18.0. The fourth-order valence-corrected chi connectivity index (χ4v) is 3.27. The summed E-state index contributed by atoms with van der Waals surface area (Å²) >= 11 is 0. The van der Waals surface area contributed by atoms with E-state index in [1.807, 2.05) is 48.5 Å². The Morgan fingerprint density at radius 3 is 2.42 bits per heavy atom. The van der Waals surface area contributed by atoms with Crippen LogP contribution < -0.4 is 10.6 Å². The third-order valence-electron chi connectivity index (χ3n) is 4.63. The number of urea groups is 1. The second-order valence-electron chi connectivity index (χ2n) is 6.53. The number of amides is 3. The Morgan fingerprint density at radius 2 is 1.69 bits per heavy atom. The van der Waals surface area contributed by atoms with Crippen molar-refractivity contribution in [3.05, 3.63) is 66.2 Å². The molecule has 3 rings (SSSR count). The number of anilines is 1. The quantitative estimate of drug-likeness (QED) is 0.783. The molecule has 5 nitrogen and oxygen atoms in total. The number of para-hydroxylation sites is 1. The fraction of sp³-hybridized carbons (Fsp3) is 0.333. The number of rotatable bonds is 6. The Morgan fingerprint density at radius 1 is 1.00 bits per heavy atom. The lowest BCUT2D eigenvalue weighted by Gasteiger charge is -2.24. The Kier molecular flexibility index (Phi) is 6.25. The van der Waals surface area contributed by atoms with Gasteiger partial charge in [0.25, 0.3) is 0 Å². The second-order valence-corrected chi connectivity index (χ2v) is 6.53. The lowest BCUT2D eigenvalue weighted by Crippen LogP contribution is -2.47. The number of aryl methyl sites for hydroxylation is 1. The number of hydrogen-bond donors (Lipinski definition) is 2. The smallest absolute Gasteiger partial charge is 0.322 e. The summed E-state index contributed by atoms with van der Waals surface area (Å²) in [5.74, 6) is -0.0567. The van der Waals surface area contributed by atoms with Gasteiger partial charge in [0.05, 0.1) is 0 Å². The summed E-state index contributed by atoms with van der Waals surface area (Å²) in [6.07, 6.45) is 3.39. The van der Waals surface area contributed by atoms with E-state index in [9.17, 15) is 9.59 Å². The Labute approximate surface area is 154 Å². The van der Waals surface area contributed by atoms with Crippen LogP contribution in [0.4, 0.5) is 10.5 Å². The van der Waals surface area contributed by atoms with Crippen molar-refractivity contribution < 1.29 is 9.59 Å². The van der Waals surface area contributed by atoms with Crippen LogP contribution in [0.3, 0.4) is 0 Å². The fourth-order valence-electron chi connectivity index (χ4n) is 3.27. The van der Waals surface area contributed by atoms with E-state index in [-0.39, 0.29) is 18.0 Å². The number of carbonyl (C=O) groups is 2. The summed E-state index contributed by atoms with van der Waals surface area (Å²) in [6.45, 7) is 1.24. The van der Waals surface area contributed by atoms with Crippen LogP contribution in [0.25, 0.3) is 0 Å². The van der Waals surface area contributed by atoms with E-state index >= 15 is 0 Å². The van der Waals surface area contributed by atoms with Gasteiger partial charge in [0.1, 0.15) is 6.04 Å². The Hall–Kier alpha value is -2.82. The number of carbonyl (C=O) groups excluding carboxylic acids is 2. The summed E-state index contributed by atoms with van der Waals surface area (Å²) in [5.41, 5.74) is 2.01. The van der Waals surface area contributed by atoms with E-state index in [1.54, 1.807) is 4.90 Å². The molecule has 0 bridgehead atoms. The third-order valence-corrected chi connectivity index (χ3v) is 4.63. The van der Waals surface area contributed by atoms with Gasteiger partial charge < -0.3 is 15.5 Å². The van der Waals surface area contributed by atoms with E-state index in [4.69, 9.17) is 0 Å². The van der Waals surface area contributed by atoms with E-state index < -0.39 is 0 Å². The molecular weight excluding hydrogens is 326 g/mol. The van der Waals surface area contributed by atoms with Crippen molar-refractivity contribution in [2.75, 3.05) is 18.4 Å². The van der Waals surface area contributed by atoms with E-state index in [0.717, 1.165) is 24.9 Å². The molecule has 26 heavy (non-hydrogen) atoms. The molecule has 1 fully saturated rings. The van der Waals surface area contributed by atoms with Gasteiger partial charge >= 0.3 is 6.03 Å². The lowest BCUT2D eigenvalue weighted by atomic mass is 10.1. The van der Waals surface area contributed by atoms with Gasteiger partial charge in [-0.1, -0.05) is 48.5 Å². The molecule has 2 aromatic carbocycles. The molecule has 0 aromatic heterocycles. The van der Waals surface area contributed by atoms with Gasteiger partial charge in [-0.05, 0) is 43.4 Å². The van der Waals surface area contributed by atoms with Crippen molar-refractivity contribution >= 4 is 17.6 Å². The number of nitrogens with zero attached hydrogens (tertiary/aromatic N) is 1. The maximum atomic E-state index is 12.5. The first-order valence-electron chi connectivity index (χ1n) is 9.18. The average molecular weight is 351 g/mol. The maximum Gasteiger partial charge on any atom is 0.322 e. The highest BCUT2D eigenvalue weighted by atomic mass is 16.2. The van der Waals surface area contributed by atoms with Crippen LogP contribution in [0, 0.1) is 0 Å². The van der Waals surface area contributed by atoms with Gasteiger partial charge in [0.2, 0.25) is 5.91 Å². The number of likely N-dealkylation sites (tertiary alicyclic amines) is 1. The van der Waals surface area contributed by atoms with Crippen LogP contribution in [0.15, 0.2) is 60.7 Å². The molecule has 1 aliphatic rings. The van der Waals surface area contributed by atoms with E-state index in [2.05, 4.69) is 22.8 Å². The predicted molar refractivity (Wildman–Crippen MR) is 103 cm³/mol. The van der Waals surface area contributed by atoms with Gasteiger partial charge in [-0.25, -0.2) is 4.79 Å². The molecule has 1 atom stereocenters. The monoisotopic (exact) mass is 351 g/mol. The summed E-state index contributed by atoms with van der Waals surface area (Å²) < 4.78 is 0. The standard InChI is InChI=1S/C21H25N3O2/c25-20(22-15-7-11-17-9-3-1-4-10-17)19-14-8-16-24(19)21(26)23-18-12-5-2-6-13-18/h1-6,9-10,12-13,19H,7-8,11,14-16H2,(H,22,25)(H,23,26)/t19-/m0/s1. The minimum Gasteiger partial charge on any atom is -0.354 e. The summed E-state index contributed by atoms with van der Waals surface area (Å²) in [7, 11) is 0. The molecule has 0 spiro atoms. The molecular formula is C21H25N3O2. The molecule has 1 heterocycles. The first-order valence-corrected chi connectivity index (χ1v) is 9.18. The molecule has 0 unspecified atom stereocenters. The SMILES string of the molecule is O=C(NCCCc1ccccc1)[C@@H]1CCCN1C(=O)Nc1ccccc1. The first-order chi connectivity index (χ1) is 12.7. The number of benzene rings is 2. The van der Waals surface area contributed by atoms with Gasteiger partial charge in [-0.2, -0.15) is 0 Å². The highest BCUT2D eigenvalue weighted by Gasteiger charge is 2.33. The summed E-state index contributed by atoms with van der Waals surface area (Å²) in [6, 6.07) is 19.0. The zero-order valence-corrected chi connectivity index (χ0v) is 14.9. The minimum absolute atomic E-state index is 0.0567. The molecule has 5 heteroatoms.